The van der Waals surface area contributed by atoms with E-state index in [9.17, 15) is 9.59 Å². The maximum atomic E-state index is 12.2. The molecule has 2 unspecified atom stereocenters. The standard InChI is InChI=1S/C25H30N6O2/c1-3-17-12-20-21(29-24(17)32)11-16(13-27-20)15-30-9-10-31(23-6-4-5-22(23)30)18-7-8-19(28-14-18)25(33)26-2/h7-8,11-14,22-23H,3-6,9-10,15H2,1-2H3,(H,26,33)(H,29,32). The Bertz CT molecular complexity index is 1220. The van der Waals surface area contributed by atoms with Crippen LogP contribution in [0.25, 0.3) is 11.0 Å². The average Bonchev–Trinajstić information content (AvgIpc) is 3.34. The fourth-order valence-electron chi connectivity index (χ4n) is 5.36. The quantitative estimate of drug-likeness (QED) is 0.625. The van der Waals surface area contributed by atoms with Crippen LogP contribution in [0.2, 0.25) is 0 Å². The molecule has 3 aromatic rings. The highest BCUT2D eigenvalue weighted by Crippen LogP contribution is 2.35. The Balaban J connectivity index is 1.33. The Kier molecular flexibility index (Phi) is 5.85. The number of piperazine rings is 1. The monoisotopic (exact) mass is 446 g/mol. The molecule has 1 saturated carbocycles. The van der Waals surface area contributed by atoms with Gasteiger partial charge in [0.2, 0.25) is 0 Å². The molecule has 1 saturated heterocycles. The lowest BCUT2D eigenvalue weighted by Crippen LogP contribution is -2.57. The summed E-state index contributed by atoms with van der Waals surface area (Å²) in [7, 11) is 1.62. The predicted molar refractivity (Wildman–Crippen MR) is 129 cm³/mol. The van der Waals surface area contributed by atoms with Crippen molar-refractivity contribution in [1.29, 1.82) is 0 Å². The first-order valence-electron chi connectivity index (χ1n) is 11.8. The Morgan fingerprint density at radius 1 is 1.15 bits per heavy atom. The van der Waals surface area contributed by atoms with Crippen molar-refractivity contribution in [2.24, 2.45) is 0 Å². The zero-order valence-electron chi connectivity index (χ0n) is 19.2. The number of carbonyl (C=O) groups is 1. The van der Waals surface area contributed by atoms with Gasteiger partial charge in [-0.15, -0.1) is 0 Å². The summed E-state index contributed by atoms with van der Waals surface area (Å²) >= 11 is 0. The molecule has 3 aromatic heterocycles. The fourth-order valence-corrected chi connectivity index (χ4v) is 5.36. The molecule has 5 rings (SSSR count). The topological polar surface area (TPSA) is 94.2 Å². The van der Waals surface area contributed by atoms with Crippen molar-refractivity contribution in [3.05, 3.63) is 63.8 Å². The summed E-state index contributed by atoms with van der Waals surface area (Å²) in [4.78, 5) is 41.1. The highest BCUT2D eigenvalue weighted by atomic mass is 16.1. The number of aromatic amines is 1. The van der Waals surface area contributed by atoms with Crippen molar-refractivity contribution < 1.29 is 4.79 Å². The molecular formula is C25H30N6O2. The van der Waals surface area contributed by atoms with Crippen LogP contribution in [0.15, 0.2) is 41.5 Å². The van der Waals surface area contributed by atoms with Crippen LogP contribution in [0.1, 0.15) is 47.8 Å². The first-order chi connectivity index (χ1) is 16.1. The minimum Gasteiger partial charge on any atom is -0.364 e. The minimum absolute atomic E-state index is 0.0236. The van der Waals surface area contributed by atoms with Crippen LogP contribution >= 0.6 is 0 Å². The van der Waals surface area contributed by atoms with Gasteiger partial charge >= 0.3 is 0 Å². The van der Waals surface area contributed by atoms with Crippen LogP contribution in [0.3, 0.4) is 0 Å². The van der Waals surface area contributed by atoms with Crippen LogP contribution in [0.4, 0.5) is 5.69 Å². The molecule has 1 aliphatic carbocycles. The third-order valence-electron chi connectivity index (χ3n) is 7.07. The van der Waals surface area contributed by atoms with Crippen LogP contribution in [0, 0.1) is 0 Å². The molecule has 0 spiro atoms. The molecule has 2 N–H and O–H groups in total. The van der Waals surface area contributed by atoms with Gasteiger partial charge in [-0.3, -0.25) is 19.5 Å². The normalized spacial score (nSPS) is 20.7. The number of carbonyl (C=O) groups excluding carboxylic acids is 1. The van der Waals surface area contributed by atoms with Gasteiger partial charge in [0.1, 0.15) is 5.69 Å². The molecule has 0 radical (unpaired) electrons. The smallest absolute Gasteiger partial charge is 0.269 e. The molecule has 2 fully saturated rings. The van der Waals surface area contributed by atoms with Gasteiger partial charge in [0.25, 0.3) is 11.5 Å². The van der Waals surface area contributed by atoms with Gasteiger partial charge in [0.15, 0.2) is 0 Å². The molecule has 0 aromatic carbocycles. The van der Waals surface area contributed by atoms with E-state index < -0.39 is 0 Å². The molecule has 1 amide bonds. The first kappa shape index (κ1) is 21.6. The maximum Gasteiger partial charge on any atom is 0.269 e. The number of hydrogen-bond acceptors (Lipinski definition) is 6. The second kappa shape index (κ2) is 8.94. The van der Waals surface area contributed by atoms with E-state index in [1.807, 2.05) is 31.5 Å². The lowest BCUT2D eigenvalue weighted by molar-refractivity contribution is 0.0958. The van der Waals surface area contributed by atoms with E-state index in [-0.39, 0.29) is 11.5 Å². The van der Waals surface area contributed by atoms with E-state index in [2.05, 4.69) is 36.1 Å². The second-order valence-electron chi connectivity index (χ2n) is 8.96. The number of aromatic nitrogens is 3. The number of H-pyrrole nitrogens is 1. The highest BCUT2D eigenvalue weighted by molar-refractivity contribution is 5.92. The number of fused-ring (bicyclic) bond motifs is 2. The Labute approximate surface area is 193 Å². The van der Waals surface area contributed by atoms with Crippen LogP contribution in [0.5, 0.6) is 0 Å². The number of rotatable bonds is 5. The first-order valence-corrected chi connectivity index (χ1v) is 11.8. The highest BCUT2D eigenvalue weighted by Gasteiger charge is 2.39. The molecule has 1 aliphatic heterocycles. The number of amides is 1. The lowest BCUT2D eigenvalue weighted by atomic mass is 10.0. The van der Waals surface area contributed by atoms with Crippen molar-refractivity contribution in [2.75, 3.05) is 25.0 Å². The van der Waals surface area contributed by atoms with E-state index in [4.69, 9.17) is 0 Å². The van der Waals surface area contributed by atoms with E-state index in [0.717, 1.165) is 53.9 Å². The Morgan fingerprint density at radius 3 is 2.76 bits per heavy atom. The number of nitrogens with one attached hydrogen (secondary N) is 2. The SMILES string of the molecule is CCc1cc2ncc(CN3CCN(c4ccc(C(=O)NC)nc4)C4CCCC43)cc2[nH]c1=O. The van der Waals surface area contributed by atoms with Crippen LogP contribution in [-0.4, -0.2) is 58.0 Å². The van der Waals surface area contributed by atoms with Crippen molar-refractivity contribution in [2.45, 2.75) is 51.2 Å². The average molecular weight is 447 g/mol. The zero-order valence-corrected chi connectivity index (χ0v) is 19.2. The Morgan fingerprint density at radius 2 is 2.00 bits per heavy atom. The number of hydrogen-bond donors (Lipinski definition) is 2. The van der Waals surface area contributed by atoms with Gasteiger partial charge in [-0.05, 0) is 55.5 Å². The third kappa shape index (κ3) is 4.11. The van der Waals surface area contributed by atoms with Crippen molar-refractivity contribution in [3.8, 4) is 0 Å². The summed E-state index contributed by atoms with van der Waals surface area (Å²) in [5.74, 6) is -0.165. The van der Waals surface area contributed by atoms with Gasteiger partial charge in [0.05, 0.1) is 22.9 Å². The number of anilines is 1. The summed E-state index contributed by atoms with van der Waals surface area (Å²) in [6.07, 6.45) is 7.99. The van der Waals surface area contributed by atoms with Crippen molar-refractivity contribution >= 4 is 22.6 Å². The molecule has 8 nitrogen and oxygen atoms in total. The molecular weight excluding hydrogens is 416 g/mol. The molecule has 172 valence electrons. The predicted octanol–water partition coefficient (Wildman–Crippen LogP) is 2.48. The van der Waals surface area contributed by atoms with E-state index in [1.165, 1.54) is 12.8 Å². The van der Waals surface area contributed by atoms with E-state index in [0.29, 0.717) is 24.2 Å². The maximum absolute atomic E-state index is 12.2. The summed E-state index contributed by atoms with van der Waals surface area (Å²) in [5.41, 5.74) is 5.03. The largest absolute Gasteiger partial charge is 0.364 e. The molecule has 2 atom stereocenters. The minimum atomic E-state index is -0.165. The molecule has 2 aliphatic rings. The fraction of sp³-hybridized carbons (Fsp3) is 0.440. The molecule has 33 heavy (non-hydrogen) atoms. The summed E-state index contributed by atoms with van der Waals surface area (Å²) in [6, 6.07) is 8.68. The second-order valence-corrected chi connectivity index (χ2v) is 8.96. The van der Waals surface area contributed by atoms with Gasteiger partial charge < -0.3 is 15.2 Å². The molecule has 4 heterocycles. The summed E-state index contributed by atoms with van der Waals surface area (Å²) in [6.45, 7) is 4.67. The van der Waals surface area contributed by atoms with Crippen LogP contribution < -0.4 is 15.8 Å². The van der Waals surface area contributed by atoms with Crippen molar-refractivity contribution in [3.63, 3.8) is 0 Å². The van der Waals surface area contributed by atoms with E-state index in [1.54, 1.807) is 13.1 Å². The third-order valence-corrected chi connectivity index (χ3v) is 7.07. The van der Waals surface area contributed by atoms with Gasteiger partial charge in [-0.25, -0.2) is 4.98 Å². The zero-order chi connectivity index (χ0) is 22.9. The molecule has 0 bridgehead atoms. The van der Waals surface area contributed by atoms with E-state index >= 15 is 0 Å². The lowest BCUT2D eigenvalue weighted by Gasteiger charge is -2.46. The Hall–Kier alpha value is -3.26. The van der Waals surface area contributed by atoms with Crippen LogP contribution in [-0.2, 0) is 13.0 Å². The van der Waals surface area contributed by atoms with Gasteiger partial charge in [0, 0.05) is 50.5 Å². The van der Waals surface area contributed by atoms with Crippen molar-refractivity contribution in [1.82, 2.24) is 25.2 Å². The number of nitrogens with zero attached hydrogens (tertiary/aromatic N) is 4. The number of pyridine rings is 3. The number of aryl methyl sites for hydroxylation is 1. The summed E-state index contributed by atoms with van der Waals surface area (Å²) < 4.78 is 0. The summed E-state index contributed by atoms with van der Waals surface area (Å²) in [5, 5.41) is 2.62. The van der Waals surface area contributed by atoms with Gasteiger partial charge in [-0.2, -0.15) is 0 Å². The van der Waals surface area contributed by atoms with Gasteiger partial charge in [-0.1, -0.05) is 6.92 Å². The molecule has 8 heteroatoms.